The molecule has 1 heterocycles. The first-order chi connectivity index (χ1) is 9.84. The first kappa shape index (κ1) is 12.7. The number of fused-ring (bicyclic) bond motifs is 1. The Hall–Kier alpha value is -2.29. The number of carbonyl (C=O) groups excluding carboxylic acids is 1. The van der Waals surface area contributed by atoms with Gasteiger partial charge in [0.15, 0.2) is 0 Å². The van der Waals surface area contributed by atoms with E-state index in [4.69, 9.17) is 0 Å². The minimum Gasteiger partial charge on any atom is -0.384 e. The first-order valence-electron chi connectivity index (χ1n) is 7.02. The maximum absolute atomic E-state index is 12.3. The van der Waals surface area contributed by atoms with E-state index in [0.29, 0.717) is 6.54 Å². The van der Waals surface area contributed by atoms with Crippen molar-refractivity contribution < 1.29 is 4.79 Å². The van der Waals surface area contributed by atoms with Crippen molar-refractivity contribution in [3.63, 3.8) is 0 Å². The number of benzene rings is 2. The van der Waals surface area contributed by atoms with Gasteiger partial charge in [-0.25, -0.2) is 0 Å². The fraction of sp³-hybridized carbons (Fsp3) is 0.235. The minimum atomic E-state index is -0.0138. The molecule has 0 saturated carbocycles. The van der Waals surface area contributed by atoms with E-state index in [1.807, 2.05) is 42.5 Å². The predicted molar refractivity (Wildman–Crippen MR) is 80.9 cm³/mol. The Morgan fingerprint density at radius 2 is 1.95 bits per heavy atom. The Bertz CT molecular complexity index is 608. The average molecular weight is 266 g/mol. The van der Waals surface area contributed by atoms with Crippen molar-refractivity contribution in [3.8, 4) is 0 Å². The van der Waals surface area contributed by atoms with Crippen molar-refractivity contribution in [2.75, 3.05) is 11.9 Å². The number of carbonyl (C=O) groups is 1. The van der Waals surface area contributed by atoms with Crippen molar-refractivity contribution in [1.82, 2.24) is 5.32 Å². The second-order valence-corrected chi connectivity index (χ2v) is 5.04. The van der Waals surface area contributed by atoms with E-state index in [0.717, 1.165) is 36.2 Å². The molecule has 102 valence electrons. The number of hydrogen-bond acceptors (Lipinski definition) is 2. The number of hydrogen-bond donors (Lipinski definition) is 2. The van der Waals surface area contributed by atoms with Gasteiger partial charge >= 0.3 is 0 Å². The lowest BCUT2D eigenvalue weighted by molar-refractivity contribution is 0.0951. The van der Waals surface area contributed by atoms with Crippen LogP contribution in [0.1, 0.15) is 27.9 Å². The fourth-order valence-electron chi connectivity index (χ4n) is 2.57. The highest BCUT2D eigenvalue weighted by atomic mass is 16.1. The van der Waals surface area contributed by atoms with Crippen LogP contribution >= 0.6 is 0 Å². The first-order valence-corrected chi connectivity index (χ1v) is 7.02. The highest BCUT2D eigenvalue weighted by molar-refractivity contribution is 6.00. The third kappa shape index (κ3) is 2.67. The maximum Gasteiger partial charge on any atom is 0.253 e. The second-order valence-electron chi connectivity index (χ2n) is 5.04. The van der Waals surface area contributed by atoms with Gasteiger partial charge in [0, 0.05) is 13.1 Å². The summed E-state index contributed by atoms with van der Waals surface area (Å²) in [5, 5.41) is 6.34. The van der Waals surface area contributed by atoms with Gasteiger partial charge < -0.3 is 10.6 Å². The largest absolute Gasteiger partial charge is 0.384 e. The summed E-state index contributed by atoms with van der Waals surface area (Å²) in [6.07, 6.45) is 2.17. The van der Waals surface area contributed by atoms with Gasteiger partial charge in [-0.2, -0.15) is 0 Å². The summed E-state index contributed by atoms with van der Waals surface area (Å²) in [6.45, 7) is 1.50. The molecule has 0 atom stereocenters. The highest BCUT2D eigenvalue weighted by Crippen LogP contribution is 2.25. The molecule has 20 heavy (non-hydrogen) atoms. The van der Waals surface area contributed by atoms with Crippen LogP contribution in [0, 0.1) is 0 Å². The molecule has 3 rings (SSSR count). The molecule has 0 spiro atoms. The highest BCUT2D eigenvalue weighted by Gasteiger charge is 2.16. The average Bonchev–Trinajstić information content (AvgIpc) is 2.53. The van der Waals surface area contributed by atoms with Crippen LogP contribution in [0.25, 0.3) is 0 Å². The van der Waals surface area contributed by atoms with E-state index in [-0.39, 0.29) is 5.91 Å². The lowest BCUT2D eigenvalue weighted by atomic mass is 9.99. The number of anilines is 1. The van der Waals surface area contributed by atoms with Gasteiger partial charge in [0.2, 0.25) is 0 Å². The van der Waals surface area contributed by atoms with Crippen LogP contribution in [-0.2, 0) is 13.0 Å². The van der Waals surface area contributed by atoms with Crippen molar-refractivity contribution in [3.05, 3.63) is 65.2 Å². The molecular formula is C17H18N2O. The second kappa shape index (κ2) is 5.78. The molecule has 1 amide bonds. The SMILES string of the molecule is O=C(NCc1ccccc1)c1cccc2c1NCCC2. The van der Waals surface area contributed by atoms with Gasteiger partial charge in [-0.1, -0.05) is 42.5 Å². The third-order valence-electron chi connectivity index (χ3n) is 3.62. The number of aryl methyl sites for hydroxylation is 1. The smallest absolute Gasteiger partial charge is 0.253 e. The van der Waals surface area contributed by atoms with Crippen LogP contribution in [-0.4, -0.2) is 12.5 Å². The lowest BCUT2D eigenvalue weighted by Crippen LogP contribution is -2.25. The van der Waals surface area contributed by atoms with Crippen molar-refractivity contribution >= 4 is 11.6 Å². The van der Waals surface area contributed by atoms with E-state index in [9.17, 15) is 4.79 Å². The zero-order chi connectivity index (χ0) is 13.8. The molecule has 3 nitrogen and oxygen atoms in total. The predicted octanol–water partition coefficient (Wildman–Crippen LogP) is 2.97. The molecule has 1 aliphatic rings. The van der Waals surface area contributed by atoms with Gasteiger partial charge in [0.05, 0.1) is 11.3 Å². The molecule has 0 unspecified atom stereocenters. The summed E-state index contributed by atoms with van der Waals surface area (Å²) in [6, 6.07) is 15.9. The van der Waals surface area contributed by atoms with Crippen molar-refractivity contribution in [1.29, 1.82) is 0 Å². The quantitative estimate of drug-likeness (QED) is 0.896. The molecular weight excluding hydrogens is 248 g/mol. The van der Waals surface area contributed by atoms with Crippen LogP contribution in [0.5, 0.6) is 0 Å². The Morgan fingerprint density at radius 3 is 2.80 bits per heavy atom. The molecule has 0 saturated heterocycles. The van der Waals surface area contributed by atoms with E-state index in [1.165, 1.54) is 5.56 Å². The molecule has 2 aromatic rings. The zero-order valence-electron chi connectivity index (χ0n) is 11.4. The Labute approximate surface area is 119 Å². The molecule has 0 radical (unpaired) electrons. The van der Waals surface area contributed by atoms with Gasteiger partial charge in [-0.15, -0.1) is 0 Å². The summed E-state index contributed by atoms with van der Waals surface area (Å²) < 4.78 is 0. The van der Waals surface area contributed by atoms with Crippen molar-refractivity contribution in [2.24, 2.45) is 0 Å². The molecule has 0 aliphatic carbocycles. The van der Waals surface area contributed by atoms with E-state index < -0.39 is 0 Å². The van der Waals surface area contributed by atoms with E-state index >= 15 is 0 Å². The van der Waals surface area contributed by atoms with E-state index in [2.05, 4.69) is 16.7 Å². The molecule has 0 aromatic heterocycles. The minimum absolute atomic E-state index is 0.0138. The normalized spacial score (nSPS) is 13.2. The molecule has 1 aliphatic heterocycles. The summed E-state index contributed by atoms with van der Waals surface area (Å²) in [4.78, 5) is 12.3. The molecule has 3 heteroatoms. The van der Waals surface area contributed by atoms with Crippen LogP contribution in [0.4, 0.5) is 5.69 Å². The van der Waals surface area contributed by atoms with Gasteiger partial charge in [0.1, 0.15) is 0 Å². The summed E-state index contributed by atoms with van der Waals surface area (Å²) in [5.74, 6) is -0.0138. The van der Waals surface area contributed by atoms with Gasteiger partial charge in [-0.05, 0) is 30.0 Å². The number of para-hydroxylation sites is 1. The maximum atomic E-state index is 12.3. The monoisotopic (exact) mass is 266 g/mol. The molecule has 0 fully saturated rings. The standard InChI is InChI=1S/C17H18N2O/c20-17(19-12-13-6-2-1-3-7-13)15-10-4-8-14-9-5-11-18-16(14)15/h1-4,6-8,10,18H,5,9,11-12H2,(H,19,20). The van der Waals surface area contributed by atoms with Crippen LogP contribution in [0.2, 0.25) is 0 Å². The summed E-state index contributed by atoms with van der Waals surface area (Å²) in [7, 11) is 0. The van der Waals surface area contributed by atoms with Crippen LogP contribution in [0.15, 0.2) is 48.5 Å². The Morgan fingerprint density at radius 1 is 1.10 bits per heavy atom. The number of nitrogens with one attached hydrogen (secondary N) is 2. The Balaban J connectivity index is 1.74. The summed E-state index contributed by atoms with van der Waals surface area (Å²) in [5.41, 5.74) is 4.10. The van der Waals surface area contributed by atoms with E-state index in [1.54, 1.807) is 0 Å². The third-order valence-corrected chi connectivity index (χ3v) is 3.62. The zero-order valence-corrected chi connectivity index (χ0v) is 11.4. The molecule has 2 N–H and O–H groups in total. The van der Waals surface area contributed by atoms with Crippen LogP contribution < -0.4 is 10.6 Å². The molecule has 0 bridgehead atoms. The van der Waals surface area contributed by atoms with Gasteiger partial charge in [0.25, 0.3) is 5.91 Å². The van der Waals surface area contributed by atoms with Gasteiger partial charge in [-0.3, -0.25) is 4.79 Å². The Kier molecular flexibility index (Phi) is 3.68. The molecule has 2 aromatic carbocycles. The van der Waals surface area contributed by atoms with Crippen LogP contribution in [0.3, 0.4) is 0 Å². The topological polar surface area (TPSA) is 41.1 Å². The van der Waals surface area contributed by atoms with Crippen molar-refractivity contribution in [2.45, 2.75) is 19.4 Å². The lowest BCUT2D eigenvalue weighted by Gasteiger charge is -2.20. The summed E-state index contributed by atoms with van der Waals surface area (Å²) >= 11 is 0. The number of amides is 1. The number of rotatable bonds is 3. The fourth-order valence-corrected chi connectivity index (χ4v) is 2.57.